The Morgan fingerprint density at radius 1 is 1.45 bits per heavy atom. The second-order valence-corrected chi connectivity index (χ2v) is 5.94. The summed E-state index contributed by atoms with van der Waals surface area (Å²) in [7, 11) is 0. The zero-order chi connectivity index (χ0) is 15.0. The van der Waals surface area contributed by atoms with Crippen molar-refractivity contribution in [2.75, 3.05) is 18.6 Å². The fourth-order valence-corrected chi connectivity index (χ4v) is 2.67. The number of oxime groups is 1. The van der Waals surface area contributed by atoms with Gasteiger partial charge >= 0.3 is 0 Å². The van der Waals surface area contributed by atoms with Crippen LogP contribution in [-0.2, 0) is 0 Å². The summed E-state index contributed by atoms with van der Waals surface area (Å²) in [6, 6.07) is 9.68. The molecule has 2 unspecified atom stereocenters. The van der Waals surface area contributed by atoms with Gasteiger partial charge in [-0.25, -0.2) is 0 Å². The molecule has 5 nitrogen and oxygen atoms in total. The van der Waals surface area contributed by atoms with Crippen LogP contribution in [0, 0.1) is 0 Å². The molecule has 0 heterocycles. The Bertz CT molecular complexity index is 424. The Balaban J connectivity index is 2.74. The Kier molecular flexibility index (Phi) is 6.84. The van der Waals surface area contributed by atoms with Crippen LogP contribution in [0.15, 0.2) is 35.5 Å². The van der Waals surface area contributed by atoms with Crippen molar-refractivity contribution in [3.63, 3.8) is 0 Å². The van der Waals surface area contributed by atoms with Gasteiger partial charge in [0.05, 0.1) is 5.60 Å². The number of nitrogens with two attached hydrogens (primary N) is 1. The van der Waals surface area contributed by atoms with E-state index >= 15 is 0 Å². The van der Waals surface area contributed by atoms with E-state index in [1.165, 1.54) is 0 Å². The Hall–Kier alpha value is -1.24. The second kappa shape index (κ2) is 8.14. The highest BCUT2D eigenvalue weighted by molar-refractivity contribution is 7.98. The van der Waals surface area contributed by atoms with Crippen molar-refractivity contribution in [2.24, 2.45) is 10.9 Å². The topological polar surface area (TPSA) is 90.9 Å². The van der Waals surface area contributed by atoms with Crippen molar-refractivity contribution in [1.29, 1.82) is 0 Å². The molecule has 0 fully saturated rings. The van der Waals surface area contributed by atoms with Crippen LogP contribution in [0.5, 0.6) is 0 Å². The molecular weight excluding hydrogens is 274 g/mol. The number of thioether (sulfide) groups is 1. The van der Waals surface area contributed by atoms with E-state index in [9.17, 15) is 5.11 Å². The van der Waals surface area contributed by atoms with Crippen LogP contribution in [0.4, 0.5) is 0 Å². The average Bonchev–Trinajstić information content (AvgIpc) is 2.44. The molecular formula is C14H23N3O2S. The largest absolute Gasteiger partial charge is 0.409 e. The van der Waals surface area contributed by atoms with Gasteiger partial charge in [0, 0.05) is 24.8 Å². The molecule has 1 aromatic carbocycles. The van der Waals surface area contributed by atoms with Crippen molar-refractivity contribution in [2.45, 2.75) is 25.0 Å². The number of aliphatic hydroxyl groups is 1. The van der Waals surface area contributed by atoms with Gasteiger partial charge in [-0.05, 0) is 18.7 Å². The van der Waals surface area contributed by atoms with Crippen LogP contribution in [-0.4, -0.2) is 40.3 Å². The SMILES string of the molecule is CSCC(C)(O)CNC(C/C(N)=N/O)c1ccccc1. The highest BCUT2D eigenvalue weighted by Gasteiger charge is 2.22. The molecule has 2 atom stereocenters. The first kappa shape index (κ1) is 16.8. The lowest BCUT2D eigenvalue weighted by Gasteiger charge is -2.27. The third-order valence-electron chi connectivity index (χ3n) is 2.93. The number of hydrogen-bond acceptors (Lipinski definition) is 5. The highest BCUT2D eigenvalue weighted by Crippen LogP contribution is 2.18. The van der Waals surface area contributed by atoms with Crippen LogP contribution in [0.3, 0.4) is 0 Å². The van der Waals surface area contributed by atoms with Gasteiger partial charge in [-0.1, -0.05) is 35.5 Å². The van der Waals surface area contributed by atoms with Crippen molar-refractivity contribution >= 4 is 17.6 Å². The number of rotatable bonds is 8. The molecule has 1 aromatic rings. The summed E-state index contributed by atoms with van der Waals surface area (Å²) in [6.45, 7) is 2.23. The number of nitrogens with zero attached hydrogens (tertiary/aromatic N) is 1. The molecule has 0 bridgehead atoms. The Morgan fingerprint density at radius 3 is 2.65 bits per heavy atom. The third kappa shape index (κ3) is 5.81. The van der Waals surface area contributed by atoms with Gasteiger partial charge in [0.25, 0.3) is 0 Å². The monoisotopic (exact) mass is 297 g/mol. The molecule has 0 aliphatic carbocycles. The van der Waals surface area contributed by atoms with Crippen molar-refractivity contribution in [3.8, 4) is 0 Å². The van der Waals surface area contributed by atoms with Crippen molar-refractivity contribution in [1.82, 2.24) is 5.32 Å². The number of amidine groups is 1. The number of benzene rings is 1. The van der Waals surface area contributed by atoms with Crippen molar-refractivity contribution in [3.05, 3.63) is 35.9 Å². The van der Waals surface area contributed by atoms with Gasteiger partial charge in [0.15, 0.2) is 0 Å². The molecule has 112 valence electrons. The fourth-order valence-electron chi connectivity index (χ4n) is 1.95. The van der Waals surface area contributed by atoms with E-state index < -0.39 is 5.60 Å². The summed E-state index contributed by atoms with van der Waals surface area (Å²) in [6.07, 6.45) is 2.34. The van der Waals surface area contributed by atoms with Crippen LogP contribution in [0.25, 0.3) is 0 Å². The minimum atomic E-state index is -0.794. The summed E-state index contributed by atoms with van der Waals surface area (Å²) >= 11 is 1.60. The number of hydrogen-bond donors (Lipinski definition) is 4. The molecule has 0 aromatic heterocycles. The predicted molar refractivity (Wildman–Crippen MR) is 84.2 cm³/mol. The fraction of sp³-hybridized carbons (Fsp3) is 0.500. The van der Waals surface area contributed by atoms with Crippen LogP contribution >= 0.6 is 11.8 Å². The minimum Gasteiger partial charge on any atom is -0.409 e. The molecule has 0 radical (unpaired) electrons. The van der Waals surface area contributed by atoms with Gasteiger partial charge in [-0.2, -0.15) is 11.8 Å². The molecule has 0 saturated carbocycles. The zero-order valence-corrected chi connectivity index (χ0v) is 12.7. The van der Waals surface area contributed by atoms with Crippen molar-refractivity contribution < 1.29 is 10.3 Å². The van der Waals surface area contributed by atoms with E-state index in [2.05, 4.69) is 10.5 Å². The maximum Gasteiger partial charge on any atom is 0.141 e. The van der Waals surface area contributed by atoms with Crippen LogP contribution in [0.1, 0.15) is 24.9 Å². The van der Waals surface area contributed by atoms with E-state index in [0.717, 1.165) is 5.56 Å². The average molecular weight is 297 g/mol. The van der Waals surface area contributed by atoms with E-state index in [1.54, 1.807) is 18.7 Å². The highest BCUT2D eigenvalue weighted by atomic mass is 32.2. The quantitative estimate of drug-likeness (QED) is 0.253. The van der Waals surface area contributed by atoms with E-state index in [0.29, 0.717) is 18.7 Å². The maximum atomic E-state index is 10.2. The van der Waals surface area contributed by atoms with Crippen LogP contribution in [0.2, 0.25) is 0 Å². The Labute approximate surface area is 124 Å². The minimum absolute atomic E-state index is 0.0968. The molecule has 6 heteroatoms. The summed E-state index contributed by atoms with van der Waals surface area (Å²) in [5.41, 5.74) is 5.85. The molecule has 20 heavy (non-hydrogen) atoms. The lowest BCUT2D eigenvalue weighted by molar-refractivity contribution is 0.0816. The third-order valence-corrected chi connectivity index (χ3v) is 3.84. The summed E-state index contributed by atoms with van der Waals surface area (Å²) in [5.74, 6) is 0.807. The Morgan fingerprint density at radius 2 is 2.10 bits per heavy atom. The first-order valence-corrected chi connectivity index (χ1v) is 7.84. The molecule has 0 saturated heterocycles. The van der Waals surface area contributed by atoms with Gasteiger partial charge in [0.2, 0.25) is 0 Å². The lowest BCUT2D eigenvalue weighted by atomic mass is 10.0. The first-order chi connectivity index (χ1) is 9.48. The van der Waals surface area contributed by atoms with E-state index in [4.69, 9.17) is 10.9 Å². The van der Waals surface area contributed by atoms with Crippen LogP contribution < -0.4 is 11.1 Å². The summed E-state index contributed by atoms with van der Waals surface area (Å²) < 4.78 is 0. The molecule has 1 rings (SSSR count). The van der Waals surface area contributed by atoms with Gasteiger partial charge < -0.3 is 21.4 Å². The van der Waals surface area contributed by atoms with E-state index in [1.807, 2.05) is 36.6 Å². The predicted octanol–water partition coefficient (Wildman–Crippen LogP) is 1.57. The standard InChI is InChI=1S/C14H23N3O2S/c1-14(18,10-20-2)9-16-12(8-13(15)17-19)11-6-4-3-5-7-11/h3-7,12,16,18-19H,8-10H2,1-2H3,(H2,15,17). The molecule has 0 aliphatic rings. The first-order valence-electron chi connectivity index (χ1n) is 6.44. The molecule has 0 aliphatic heterocycles. The lowest BCUT2D eigenvalue weighted by Crippen LogP contribution is -2.42. The van der Waals surface area contributed by atoms with Gasteiger partial charge in [-0.3, -0.25) is 0 Å². The second-order valence-electron chi connectivity index (χ2n) is 5.07. The molecule has 0 amide bonds. The van der Waals surface area contributed by atoms with Gasteiger partial charge in [0.1, 0.15) is 5.84 Å². The molecule has 5 N–H and O–H groups in total. The summed E-state index contributed by atoms with van der Waals surface area (Å²) in [4.78, 5) is 0. The maximum absolute atomic E-state index is 10.2. The van der Waals surface area contributed by atoms with Gasteiger partial charge in [-0.15, -0.1) is 0 Å². The zero-order valence-electron chi connectivity index (χ0n) is 11.9. The molecule has 0 spiro atoms. The number of nitrogens with one attached hydrogen (secondary N) is 1. The van der Waals surface area contributed by atoms with E-state index in [-0.39, 0.29) is 11.9 Å². The smallest absolute Gasteiger partial charge is 0.141 e. The normalized spacial score (nSPS) is 16.6. The summed E-state index contributed by atoms with van der Waals surface area (Å²) in [5, 5.41) is 25.2.